The molecule has 2 nitrogen and oxygen atoms in total. The molecule has 0 aromatic heterocycles. The molecule has 17 heavy (non-hydrogen) atoms. The molecular formula is C14H13BrO2. The van der Waals surface area contributed by atoms with Gasteiger partial charge in [0.1, 0.15) is 11.5 Å². The topological polar surface area (TPSA) is 29.5 Å². The maximum absolute atomic E-state index is 9.13. The summed E-state index contributed by atoms with van der Waals surface area (Å²) in [4.78, 5) is 0. The molecule has 0 saturated carbocycles. The zero-order valence-corrected chi connectivity index (χ0v) is 10.9. The van der Waals surface area contributed by atoms with Crippen molar-refractivity contribution in [2.75, 3.05) is 6.61 Å². The molecule has 2 aromatic rings. The van der Waals surface area contributed by atoms with Crippen LogP contribution in [0.4, 0.5) is 0 Å². The zero-order valence-electron chi connectivity index (χ0n) is 9.27. The molecule has 3 heteroatoms. The third-order valence-corrected chi connectivity index (χ3v) is 3.21. The van der Waals surface area contributed by atoms with Crippen LogP contribution in [0.1, 0.15) is 5.56 Å². The highest BCUT2D eigenvalue weighted by atomic mass is 79.9. The number of ether oxygens (including phenoxy) is 1. The lowest BCUT2D eigenvalue weighted by molar-refractivity contribution is 0.321. The van der Waals surface area contributed by atoms with Gasteiger partial charge >= 0.3 is 0 Å². The number of aromatic hydroxyl groups is 1. The van der Waals surface area contributed by atoms with Crippen LogP contribution in [0.2, 0.25) is 0 Å². The molecule has 2 rings (SSSR count). The maximum Gasteiger partial charge on any atom is 0.119 e. The van der Waals surface area contributed by atoms with Gasteiger partial charge < -0.3 is 9.84 Å². The first-order chi connectivity index (χ1) is 8.25. The summed E-state index contributed by atoms with van der Waals surface area (Å²) in [5.74, 6) is 1.03. The first kappa shape index (κ1) is 12.0. The highest BCUT2D eigenvalue weighted by Crippen LogP contribution is 2.18. The Bertz CT molecular complexity index is 480. The van der Waals surface area contributed by atoms with E-state index in [9.17, 15) is 0 Å². The fourth-order valence-corrected chi connectivity index (χ4v) is 2.01. The second kappa shape index (κ2) is 5.73. The van der Waals surface area contributed by atoms with Gasteiger partial charge in [-0.3, -0.25) is 0 Å². The second-order valence-corrected chi connectivity index (χ2v) is 4.54. The lowest BCUT2D eigenvalue weighted by Gasteiger charge is -2.07. The van der Waals surface area contributed by atoms with Crippen molar-refractivity contribution in [3.63, 3.8) is 0 Å². The lowest BCUT2D eigenvalue weighted by Crippen LogP contribution is -2.01. The molecule has 1 N–H and O–H groups in total. The van der Waals surface area contributed by atoms with Gasteiger partial charge in [-0.05, 0) is 35.9 Å². The second-order valence-electron chi connectivity index (χ2n) is 3.68. The number of phenolic OH excluding ortho intramolecular Hbond substituents is 1. The molecule has 0 amide bonds. The van der Waals surface area contributed by atoms with Crippen LogP contribution in [-0.4, -0.2) is 11.7 Å². The Balaban J connectivity index is 1.88. The first-order valence-corrected chi connectivity index (χ1v) is 6.20. The third-order valence-electron chi connectivity index (χ3n) is 2.43. The summed E-state index contributed by atoms with van der Waals surface area (Å²) in [6, 6.07) is 14.9. The van der Waals surface area contributed by atoms with Crippen molar-refractivity contribution in [3.8, 4) is 11.5 Å². The Morgan fingerprint density at radius 3 is 2.41 bits per heavy atom. The van der Waals surface area contributed by atoms with Crippen LogP contribution in [0.15, 0.2) is 53.0 Å². The number of halogens is 1. The summed E-state index contributed by atoms with van der Waals surface area (Å²) >= 11 is 3.50. The molecule has 0 aliphatic rings. The summed E-state index contributed by atoms with van der Waals surface area (Å²) in [5.41, 5.74) is 1.23. The van der Waals surface area contributed by atoms with Crippen LogP contribution in [-0.2, 0) is 6.42 Å². The van der Waals surface area contributed by atoms with E-state index in [1.807, 2.05) is 18.2 Å². The minimum atomic E-state index is 0.253. The molecule has 0 radical (unpaired) electrons. The Morgan fingerprint density at radius 1 is 1.00 bits per heavy atom. The largest absolute Gasteiger partial charge is 0.508 e. The molecule has 0 atom stereocenters. The lowest BCUT2D eigenvalue weighted by atomic mass is 10.2. The number of phenols is 1. The van der Waals surface area contributed by atoms with Gasteiger partial charge in [-0.15, -0.1) is 0 Å². The standard InChI is InChI=1S/C14H13BrO2/c15-14-4-2-1-3-11(14)9-10-17-13-7-5-12(16)6-8-13/h1-8,16H,9-10H2. The van der Waals surface area contributed by atoms with E-state index in [1.165, 1.54) is 5.56 Å². The van der Waals surface area contributed by atoms with Gasteiger partial charge in [0, 0.05) is 10.9 Å². The predicted octanol–water partition coefficient (Wildman–Crippen LogP) is 3.78. The summed E-state index contributed by atoms with van der Waals surface area (Å²) < 4.78 is 6.69. The summed E-state index contributed by atoms with van der Waals surface area (Å²) in [7, 11) is 0. The van der Waals surface area contributed by atoms with Gasteiger partial charge in [0.15, 0.2) is 0 Å². The molecule has 0 unspecified atom stereocenters. The summed E-state index contributed by atoms with van der Waals surface area (Å²) in [5, 5.41) is 9.13. The molecule has 0 bridgehead atoms. The Hall–Kier alpha value is -1.48. The third kappa shape index (κ3) is 3.49. The van der Waals surface area contributed by atoms with Crippen molar-refractivity contribution in [1.82, 2.24) is 0 Å². The summed E-state index contributed by atoms with van der Waals surface area (Å²) in [6.07, 6.45) is 0.850. The average Bonchev–Trinajstić information content (AvgIpc) is 2.34. The van der Waals surface area contributed by atoms with E-state index in [-0.39, 0.29) is 5.75 Å². The van der Waals surface area contributed by atoms with Crippen molar-refractivity contribution < 1.29 is 9.84 Å². The molecule has 0 spiro atoms. The van der Waals surface area contributed by atoms with E-state index in [0.29, 0.717) is 6.61 Å². The molecule has 0 fully saturated rings. The monoisotopic (exact) mass is 292 g/mol. The van der Waals surface area contributed by atoms with Crippen molar-refractivity contribution in [2.24, 2.45) is 0 Å². The highest BCUT2D eigenvalue weighted by Gasteiger charge is 1.99. The van der Waals surface area contributed by atoms with Gasteiger partial charge in [0.05, 0.1) is 6.61 Å². The number of rotatable bonds is 4. The number of hydrogen-bond donors (Lipinski definition) is 1. The van der Waals surface area contributed by atoms with Crippen molar-refractivity contribution >= 4 is 15.9 Å². The smallest absolute Gasteiger partial charge is 0.119 e. The van der Waals surface area contributed by atoms with Gasteiger partial charge in [-0.25, -0.2) is 0 Å². The fraction of sp³-hybridized carbons (Fsp3) is 0.143. The van der Waals surface area contributed by atoms with Gasteiger partial charge in [0.2, 0.25) is 0 Å². The van der Waals surface area contributed by atoms with E-state index in [2.05, 4.69) is 22.0 Å². The normalized spacial score (nSPS) is 10.2. The van der Waals surface area contributed by atoms with Gasteiger partial charge in [-0.2, -0.15) is 0 Å². The van der Waals surface area contributed by atoms with E-state index >= 15 is 0 Å². The van der Waals surface area contributed by atoms with Crippen LogP contribution >= 0.6 is 15.9 Å². The van der Waals surface area contributed by atoms with Crippen LogP contribution < -0.4 is 4.74 Å². The minimum absolute atomic E-state index is 0.253. The first-order valence-electron chi connectivity index (χ1n) is 5.41. The van der Waals surface area contributed by atoms with Crippen LogP contribution in [0.5, 0.6) is 11.5 Å². The Labute approximate surface area is 109 Å². The summed E-state index contributed by atoms with van der Waals surface area (Å²) in [6.45, 7) is 0.618. The van der Waals surface area contributed by atoms with Gasteiger partial charge in [0.25, 0.3) is 0 Å². The van der Waals surface area contributed by atoms with Crippen LogP contribution in [0.3, 0.4) is 0 Å². The fourth-order valence-electron chi connectivity index (χ4n) is 1.52. The van der Waals surface area contributed by atoms with Crippen molar-refractivity contribution in [2.45, 2.75) is 6.42 Å². The van der Waals surface area contributed by atoms with Crippen molar-refractivity contribution in [3.05, 3.63) is 58.6 Å². The van der Waals surface area contributed by atoms with Crippen LogP contribution in [0, 0.1) is 0 Å². The number of hydrogen-bond acceptors (Lipinski definition) is 2. The van der Waals surface area contributed by atoms with E-state index in [4.69, 9.17) is 9.84 Å². The molecule has 88 valence electrons. The van der Waals surface area contributed by atoms with E-state index in [0.717, 1.165) is 16.6 Å². The molecular weight excluding hydrogens is 280 g/mol. The zero-order chi connectivity index (χ0) is 12.1. The quantitative estimate of drug-likeness (QED) is 0.929. The predicted molar refractivity (Wildman–Crippen MR) is 71.4 cm³/mol. The molecule has 0 aliphatic carbocycles. The molecule has 0 aliphatic heterocycles. The Morgan fingerprint density at radius 2 is 1.71 bits per heavy atom. The van der Waals surface area contributed by atoms with Crippen molar-refractivity contribution in [1.29, 1.82) is 0 Å². The van der Waals surface area contributed by atoms with Gasteiger partial charge in [-0.1, -0.05) is 34.1 Å². The Kier molecular flexibility index (Phi) is 4.04. The average molecular weight is 293 g/mol. The molecule has 0 saturated heterocycles. The maximum atomic E-state index is 9.13. The van der Waals surface area contributed by atoms with E-state index < -0.39 is 0 Å². The molecule has 0 heterocycles. The highest BCUT2D eigenvalue weighted by molar-refractivity contribution is 9.10. The SMILES string of the molecule is Oc1ccc(OCCc2ccccc2Br)cc1. The minimum Gasteiger partial charge on any atom is -0.508 e. The number of benzene rings is 2. The van der Waals surface area contributed by atoms with Crippen LogP contribution in [0.25, 0.3) is 0 Å². The van der Waals surface area contributed by atoms with E-state index in [1.54, 1.807) is 24.3 Å². The molecule has 2 aromatic carbocycles.